The van der Waals surface area contributed by atoms with Crippen LogP contribution in [0.2, 0.25) is 0 Å². The van der Waals surface area contributed by atoms with E-state index in [1.807, 2.05) is 6.92 Å². The normalized spacial score (nSPS) is 15.4. The van der Waals surface area contributed by atoms with Crippen LogP contribution in [0, 0.1) is 29.8 Å². The lowest BCUT2D eigenvalue weighted by atomic mass is 9.95. The highest BCUT2D eigenvalue weighted by molar-refractivity contribution is 5.46. The number of nitro groups is 1. The molecule has 0 spiro atoms. The maximum absolute atomic E-state index is 13.9. The van der Waals surface area contributed by atoms with Crippen LogP contribution in [0.4, 0.5) is 10.2 Å². The molecule has 1 aliphatic rings. The van der Waals surface area contributed by atoms with Crippen LogP contribution in [0.3, 0.4) is 0 Å². The van der Waals surface area contributed by atoms with Crippen molar-refractivity contribution in [2.45, 2.75) is 32.3 Å². The topological polar surface area (TPSA) is 65.3 Å². The van der Waals surface area contributed by atoms with Gasteiger partial charge in [-0.15, -0.1) is 0 Å². The van der Waals surface area contributed by atoms with E-state index in [0.29, 0.717) is 18.4 Å². The molecule has 1 aromatic heterocycles. The Kier molecular flexibility index (Phi) is 3.31. The number of hydrogen-bond acceptors (Lipinski definition) is 4. The second-order valence-corrected chi connectivity index (χ2v) is 5.54. The number of aromatic nitrogens is 1. The second kappa shape index (κ2) is 5.05. The molecule has 1 saturated carbocycles. The van der Waals surface area contributed by atoms with Crippen LogP contribution >= 0.6 is 0 Å². The SMILES string of the molecule is Cc1ccc(F)c(C)c1C1(Oc2cccnc2[N+](=O)[O-])CC1. The Bertz CT molecular complexity index is 757. The number of nitrogens with zero attached hydrogens (tertiary/aromatic N) is 2. The first kappa shape index (κ1) is 14.4. The van der Waals surface area contributed by atoms with Gasteiger partial charge in [0.05, 0.1) is 0 Å². The lowest BCUT2D eigenvalue weighted by molar-refractivity contribution is -0.390. The fourth-order valence-electron chi connectivity index (χ4n) is 2.85. The molecule has 0 saturated heterocycles. The van der Waals surface area contributed by atoms with E-state index in [2.05, 4.69) is 4.98 Å². The first-order chi connectivity index (χ1) is 10.4. The summed E-state index contributed by atoms with van der Waals surface area (Å²) in [7, 11) is 0. The summed E-state index contributed by atoms with van der Waals surface area (Å²) in [6.07, 6.45) is 2.75. The number of halogens is 1. The van der Waals surface area contributed by atoms with Gasteiger partial charge in [0.25, 0.3) is 0 Å². The van der Waals surface area contributed by atoms with Gasteiger partial charge >= 0.3 is 5.82 Å². The number of rotatable bonds is 4. The van der Waals surface area contributed by atoms with E-state index in [1.165, 1.54) is 18.3 Å². The van der Waals surface area contributed by atoms with Crippen molar-refractivity contribution in [2.24, 2.45) is 0 Å². The molecule has 0 bridgehead atoms. The van der Waals surface area contributed by atoms with Crippen LogP contribution in [-0.4, -0.2) is 9.91 Å². The monoisotopic (exact) mass is 302 g/mol. The van der Waals surface area contributed by atoms with E-state index in [4.69, 9.17) is 4.74 Å². The molecular weight excluding hydrogens is 287 g/mol. The number of benzene rings is 1. The summed E-state index contributed by atoms with van der Waals surface area (Å²) in [4.78, 5) is 14.2. The van der Waals surface area contributed by atoms with Crippen molar-refractivity contribution in [3.05, 3.63) is 63.1 Å². The van der Waals surface area contributed by atoms with Crippen molar-refractivity contribution in [1.29, 1.82) is 0 Å². The number of pyridine rings is 1. The summed E-state index contributed by atoms with van der Waals surface area (Å²) in [5.41, 5.74) is 1.54. The van der Waals surface area contributed by atoms with Gasteiger partial charge < -0.3 is 14.9 Å². The fraction of sp³-hybridized carbons (Fsp3) is 0.312. The van der Waals surface area contributed by atoms with Crippen LogP contribution in [0.15, 0.2) is 30.5 Å². The molecule has 1 aromatic carbocycles. The highest BCUT2D eigenvalue weighted by Crippen LogP contribution is 2.52. The van der Waals surface area contributed by atoms with Gasteiger partial charge in [-0.1, -0.05) is 6.07 Å². The number of aryl methyl sites for hydroxylation is 1. The minimum Gasteiger partial charge on any atom is -0.474 e. The number of hydrogen-bond donors (Lipinski definition) is 0. The third-order valence-electron chi connectivity index (χ3n) is 4.00. The highest BCUT2D eigenvalue weighted by atomic mass is 19.1. The molecule has 114 valence electrons. The molecule has 0 aliphatic heterocycles. The Balaban J connectivity index is 2.04. The van der Waals surface area contributed by atoms with E-state index in [1.54, 1.807) is 19.1 Å². The molecular formula is C16H15FN2O3. The Morgan fingerprint density at radius 1 is 1.32 bits per heavy atom. The Labute approximate surface area is 126 Å². The maximum Gasteiger partial charge on any atom is 0.406 e. The summed E-state index contributed by atoms with van der Waals surface area (Å²) in [5, 5.41) is 11.1. The predicted octanol–water partition coefficient (Wildman–Crippen LogP) is 3.81. The summed E-state index contributed by atoms with van der Waals surface area (Å²) >= 11 is 0. The van der Waals surface area contributed by atoms with Crippen LogP contribution in [0.5, 0.6) is 5.75 Å². The average molecular weight is 302 g/mol. The van der Waals surface area contributed by atoms with Gasteiger partial charge in [0, 0.05) is 5.56 Å². The molecule has 1 fully saturated rings. The van der Waals surface area contributed by atoms with E-state index in [-0.39, 0.29) is 17.4 Å². The molecule has 5 nitrogen and oxygen atoms in total. The van der Waals surface area contributed by atoms with Crippen molar-refractivity contribution in [3.8, 4) is 5.75 Å². The zero-order valence-electron chi connectivity index (χ0n) is 12.3. The lowest BCUT2D eigenvalue weighted by Crippen LogP contribution is -2.20. The first-order valence-electron chi connectivity index (χ1n) is 6.99. The van der Waals surface area contributed by atoms with Gasteiger partial charge in [0.1, 0.15) is 17.6 Å². The average Bonchev–Trinajstić information content (AvgIpc) is 3.24. The van der Waals surface area contributed by atoms with Crippen molar-refractivity contribution < 1.29 is 14.1 Å². The molecule has 22 heavy (non-hydrogen) atoms. The van der Waals surface area contributed by atoms with Crippen molar-refractivity contribution in [1.82, 2.24) is 4.98 Å². The molecule has 3 rings (SSSR count). The largest absolute Gasteiger partial charge is 0.474 e. The minimum absolute atomic E-state index is 0.119. The smallest absolute Gasteiger partial charge is 0.406 e. The molecule has 0 amide bonds. The zero-order chi connectivity index (χ0) is 15.9. The standard InChI is InChI=1S/C16H15FN2O3/c1-10-5-6-12(17)11(2)14(10)16(7-8-16)22-13-4-3-9-18-15(13)19(20)21/h3-6,9H,7-8H2,1-2H3. The quantitative estimate of drug-likeness (QED) is 0.636. The fourth-order valence-corrected chi connectivity index (χ4v) is 2.85. The van der Waals surface area contributed by atoms with E-state index < -0.39 is 10.5 Å². The molecule has 6 heteroatoms. The van der Waals surface area contributed by atoms with E-state index >= 15 is 0 Å². The Morgan fingerprint density at radius 2 is 2.05 bits per heavy atom. The molecule has 0 radical (unpaired) electrons. The third-order valence-corrected chi connectivity index (χ3v) is 4.00. The van der Waals surface area contributed by atoms with Crippen molar-refractivity contribution >= 4 is 5.82 Å². The Hall–Kier alpha value is -2.50. The number of ether oxygens (including phenoxy) is 1. The van der Waals surface area contributed by atoms with Gasteiger partial charge in [0.15, 0.2) is 0 Å². The first-order valence-corrected chi connectivity index (χ1v) is 6.99. The molecule has 1 heterocycles. The highest BCUT2D eigenvalue weighted by Gasteiger charge is 2.50. The van der Waals surface area contributed by atoms with Crippen LogP contribution in [-0.2, 0) is 5.60 Å². The van der Waals surface area contributed by atoms with Crippen LogP contribution < -0.4 is 4.74 Å². The minimum atomic E-state index is -0.690. The van der Waals surface area contributed by atoms with E-state index in [9.17, 15) is 14.5 Å². The lowest BCUT2D eigenvalue weighted by Gasteiger charge is -2.22. The predicted molar refractivity (Wildman–Crippen MR) is 78.3 cm³/mol. The molecule has 0 unspecified atom stereocenters. The molecule has 0 atom stereocenters. The van der Waals surface area contributed by atoms with E-state index in [0.717, 1.165) is 11.1 Å². The van der Waals surface area contributed by atoms with Gasteiger partial charge in [0.2, 0.25) is 5.75 Å². The van der Waals surface area contributed by atoms with Gasteiger partial charge in [-0.05, 0) is 65.9 Å². The molecule has 0 N–H and O–H groups in total. The van der Waals surface area contributed by atoms with Gasteiger partial charge in [-0.2, -0.15) is 0 Å². The second-order valence-electron chi connectivity index (χ2n) is 5.54. The van der Waals surface area contributed by atoms with Crippen LogP contribution in [0.25, 0.3) is 0 Å². The summed E-state index contributed by atoms with van der Waals surface area (Å²) in [6, 6.07) is 6.24. The molecule has 2 aromatic rings. The Morgan fingerprint density at radius 3 is 2.68 bits per heavy atom. The van der Waals surface area contributed by atoms with Gasteiger partial charge in [-0.25, -0.2) is 4.39 Å². The maximum atomic E-state index is 13.9. The summed E-state index contributed by atoms with van der Waals surface area (Å²) in [5.74, 6) is -0.496. The summed E-state index contributed by atoms with van der Waals surface area (Å²) in [6.45, 7) is 3.60. The van der Waals surface area contributed by atoms with Crippen LogP contribution in [0.1, 0.15) is 29.5 Å². The van der Waals surface area contributed by atoms with Crippen molar-refractivity contribution in [2.75, 3.05) is 0 Å². The van der Waals surface area contributed by atoms with Gasteiger partial charge in [-0.3, -0.25) is 0 Å². The van der Waals surface area contributed by atoms with Crippen molar-refractivity contribution in [3.63, 3.8) is 0 Å². The molecule has 1 aliphatic carbocycles. The third kappa shape index (κ3) is 2.30. The summed E-state index contributed by atoms with van der Waals surface area (Å²) < 4.78 is 19.8. The zero-order valence-corrected chi connectivity index (χ0v) is 12.3.